The van der Waals surface area contributed by atoms with Gasteiger partial charge in [-0.3, -0.25) is 9.59 Å². The molecular weight excluding hydrogens is 475 g/mol. The third kappa shape index (κ3) is 15.8. The molecule has 0 radical (unpaired) electrons. The second-order valence-corrected chi connectivity index (χ2v) is 6.49. The molecule has 0 aliphatic carbocycles. The van der Waals surface area contributed by atoms with Gasteiger partial charge in [-0.15, -0.1) is 10.1 Å². The molecule has 0 saturated heterocycles. The summed E-state index contributed by atoms with van der Waals surface area (Å²) in [6.45, 7) is 0.0850. The molecular formula is C17H24F3N5O9. The van der Waals surface area contributed by atoms with Gasteiger partial charge in [0, 0.05) is 32.0 Å². The van der Waals surface area contributed by atoms with Crippen molar-refractivity contribution in [2.45, 2.75) is 50.7 Å². The first-order valence-electron chi connectivity index (χ1n) is 9.66. The molecule has 0 aliphatic rings. The fourth-order valence-electron chi connectivity index (χ4n) is 2.19. The average molecular weight is 499 g/mol. The lowest BCUT2D eigenvalue weighted by Gasteiger charge is -2.13. The number of aliphatic carboxylic acids is 2. The van der Waals surface area contributed by atoms with Crippen molar-refractivity contribution in [3.63, 3.8) is 0 Å². The van der Waals surface area contributed by atoms with E-state index >= 15 is 0 Å². The molecule has 0 bridgehead atoms. The number of rotatable bonds is 14. The topological polar surface area (TPSA) is 214 Å². The number of nitrogens with zero attached hydrogens (tertiary/aromatic N) is 2. The van der Waals surface area contributed by atoms with Crippen LogP contribution in [0.3, 0.4) is 0 Å². The molecule has 0 aliphatic heterocycles. The molecule has 0 fully saturated rings. The summed E-state index contributed by atoms with van der Waals surface area (Å²) in [5.74, 6) is -4.66. The Morgan fingerprint density at radius 1 is 1.15 bits per heavy atom. The predicted molar refractivity (Wildman–Crippen MR) is 105 cm³/mol. The number of carboxylic acids is 2. The number of imidazole rings is 1. The van der Waals surface area contributed by atoms with Crippen LogP contribution in [0, 0.1) is 10.1 Å². The van der Waals surface area contributed by atoms with Crippen LogP contribution in [-0.4, -0.2) is 74.4 Å². The lowest BCUT2D eigenvalue weighted by Crippen LogP contribution is -2.43. The summed E-state index contributed by atoms with van der Waals surface area (Å²) in [7, 11) is 0. The van der Waals surface area contributed by atoms with Crippen LogP contribution in [0.25, 0.3) is 0 Å². The Bertz CT molecular complexity index is 803. The third-order valence-corrected chi connectivity index (χ3v) is 3.76. The zero-order valence-corrected chi connectivity index (χ0v) is 17.7. The first kappa shape index (κ1) is 30.1. The quantitative estimate of drug-likeness (QED) is 0.135. The van der Waals surface area contributed by atoms with Gasteiger partial charge in [-0.25, -0.2) is 14.6 Å². The molecule has 192 valence electrons. The predicted octanol–water partition coefficient (Wildman–Crippen LogP) is 0.430. The Hall–Kier alpha value is -3.92. The normalized spacial score (nSPS) is 11.4. The number of hydrogen-bond acceptors (Lipinski definition) is 8. The minimum atomic E-state index is -5.08. The first-order valence-corrected chi connectivity index (χ1v) is 9.66. The van der Waals surface area contributed by atoms with Crippen molar-refractivity contribution in [2.75, 3.05) is 13.2 Å². The van der Waals surface area contributed by atoms with Crippen LogP contribution >= 0.6 is 0 Å². The van der Waals surface area contributed by atoms with Crippen LogP contribution in [-0.2, 0) is 30.4 Å². The van der Waals surface area contributed by atoms with Crippen molar-refractivity contribution in [3.05, 3.63) is 28.3 Å². The van der Waals surface area contributed by atoms with E-state index in [0.717, 1.165) is 0 Å². The SMILES string of the molecule is O=C(CCCCCO[N+](=O)[O-])NCCC(=O)NC(Cc1c[nH]cn1)C(=O)O.O=C(O)C(F)(F)F. The third-order valence-electron chi connectivity index (χ3n) is 3.76. The van der Waals surface area contributed by atoms with E-state index in [1.807, 2.05) is 0 Å². The van der Waals surface area contributed by atoms with Gasteiger partial charge in [-0.05, 0) is 12.8 Å². The number of unbranched alkanes of at least 4 members (excludes halogenated alkanes) is 2. The monoisotopic (exact) mass is 499 g/mol. The van der Waals surface area contributed by atoms with Crippen LogP contribution in [0.15, 0.2) is 12.5 Å². The summed E-state index contributed by atoms with van der Waals surface area (Å²) in [6, 6.07) is -1.10. The number of H-pyrrole nitrogens is 1. The number of aromatic nitrogens is 2. The van der Waals surface area contributed by atoms with Gasteiger partial charge in [-0.1, -0.05) is 6.42 Å². The second-order valence-electron chi connectivity index (χ2n) is 6.49. The van der Waals surface area contributed by atoms with Crippen molar-refractivity contribution in [2.24, 2.45) is 0 Å². The molecule has 1 rings (SSSR count). The fourth-order valence-corrected chi connectivity index (χ4v) is 2.19. The lowest BCUT2D eigenvalue weighted by molar-refractivity contribution is -0.757. The van der Waals surface area contributed by atoms with E-state index in [-0.39, 0.29) is 38.3 Å². The molecule has 34 heavy (non-hydrogen) atoms. The van der Waals surface area contributed by atoms with Gasteiger partial charge < -0.3 is 30.7 Å². The van der Waals surface area contributed by atoms with E-state index in [2.05, 4.69) is 25.4 Å². The van der Waals surface area contributed by atoms with E-state index in [0.29, 0.717) is 25.0 Å². The molecule has 1 aromatic heterocycles. The Morgan fingerprint density at radius 3 is 2.29 bits per heavy atom. The van der Waals surface area contributed by atoms with Crippen molar-refractivity contribution >= 4 is 23.8 Å². The highest BCUT2D eigenvalue weighted by Crippen LogP contribution is 2.13. The second kappa shape index (κ2) is 15.8. The smallest absolute Gasteiger partial charge is 0.480 e. The van der Waals surface area contributed by atoms with Gasteiger partial charge in [0.1, 0.15) is 6.04 Å². The summed E-state index contributed by atoms with van der Waals surface area (Å²) in [6.07, 6.45) is -0.254. The minimum absolute atomic E-state index is 0.00217. The lowest BCUT2D eigenvalue weighted by atomic mass is 10.1. The largest absolute Gasteiger partial charge is 0.490 e. The maximum absolute atomic E-state index is 11.8. The van der Waals surface area contributed by atoms with Gasteiger partial charge in [0.05, 0.1) is 18.6 Å². The Balaban J connectivity index is 0.00000135. The van der Waals surface area contributed by atoms with E-state index in [1.54, 1.807) is 6.20 Å². The van der Waals surface area contributed by atoms with Crippen molar-refractivity contribution < 1.29 is 52.5 Å². The summed E-state index contributed by atoms with van der Waals surface area (Å²) in [4.78, 5) is 64.3. The zero-order chi connectivity index (χ0) is 26.1. The van der Waals surface area contributed by atoms with Gasteiger partial charge in [0.15, 0.2) is 0 Å². The molecule has 0 spiro atoms. The van der Waals surface area contributed by atoms with E-state index in [9.17, 15) is 37.7 Å². The van der Waals surface area contributed by atoms with E-state index in [4.69, 9.17) is 15.0 Å². The Morgan fingerprint density at radius 2 is 1.79 bits per heavy atom. The minimum Gasteiger partial charge on any atom is -0.480 e. The molecule has 0 saturated carbocycles. The molecule has 5 N–H and O–H groups in total. The van der Waals surface area contributed by atoms with Gasteiger partial charge in [-0.2, -0.15) is 13.2 Å². The number of alkyl halides is 3. The van der Waals surface area contributed by atoms with E-state index in [1.165, 1.54) is 6.33 Å². The van der Waals surface area contributed by atoms with Gasteiger partial charge in [0.2, 0.25) is 11.8 Å². The number of carbonyl (C=O) groups is 4. The number of halogens is 3. The fraction of sp³-hybridized carbons (Fsp3) is 0.588. The van der Waals surface area contributed by atoms with Crippen molar-refractivity contribution in [1.29, 1.82) is 0 Å². The number of carbonyl (C=O) groups excluding carboxylic acids is 2. The molecule has 1 unspecified atom stereocenters. The molecule has 2 amide bonds. The summed E-state index contributed by atoms with van der Waals surface area (Å²) >= 11 is 0. The van der Waals surface area contributed by atoms with Crippen LogP contribution < -0.4 is 10.6 Å². The first-order chi connectivity index (χ1) is 15.8. The molecule has 1 atom stereocenters. The van der Waals surface area contributed by atoms with Crippen LogP contribution in [0.1, 0.15) is 37.8 Å². The zero-order valence-electron chi connectivity index (χ0n) is 17.7. The van der Waals surface area contributed by atoms with Crippen LogP contribution in [0.2, 0.25) is 0 Å². The van der Waals surface area contributed by atoms with Gasteiger partial charge >= 0.3 is 18.1 Å². The standard InChI is InChI=1S/C15H23N5O7.C2HF3O2/c21-13(4-2-1-3-7-27-20(25)26)17-6-5-14(22)19-12(15(23)24)8-11-9-16-10-18-11;3-2(4,5)1(6)7/h9-10,12H,1-8H2,(H,16,18)(H,17,21)(H,19,22)(H,23,24);(H,6,7). The van der Waals surface area contributed by atoms with Gasteiger partial charge in [0.25, 0.3) is 5.09 Å². The molecule has 1 aromatic rings. The van der Waals surface area contributed by atoms with Crippen LogP contribution in [0.5, 0.6) is 0 Å². The number of amides is 2. The number of aromatic amines is 1. The van der Waals surface area contributed by atoms with E-state index < -0.39 is 35.2 Å². The summed E-state index contributed by atoms with van der Waals surface area (Å²) in [5, 5.41) is 30.3. The van der Waals surface area contributed by atoms with Crippen molar-refractivity contribution in [1.82, 2.24) is 20.6 Å². The number of nitrogens with one attached hydrogen (secondary N) is 3. The number of hydrogen-bond donors (Lipinski definition) is 5. The highest BCUT2D eigenvalue weighted by molar-refractivity contribution is 5.84. The van der Waals surface area contributed by atoms with Crippen LogP contribution in [0.4, 0.5) is 13.2 Å². The highest BCUT2D eigenvalue weighted by Gasteiger charge is 2.38. The summed E-state index contributed by atoms with van der Waals surface area (Å²) < 4.78 is 31.7. The summed E-state index contributed by atoms with van der Waals surface area (Å²) in [5.41, 5.74) is 0.514. The maximum atomic E-state index is 11.8. The molecule has 17 heteroatoms. The molecule has 0 aromatic carbocycles. The highest BCUT2D eigenvalue weighted by atomic mass is 19.4. The number of carboxylic acid groups (broad SMARTS) is 2. The Labute approximate surface area is 190 Å². The van der Waals surface area contributed by atoms with Crippen molar-refractivity contribution in [3.8, 4) is 0 Å². The Kier molecular flexibility index (Phi) is 14.0. The maximum Gasteiger partial charge on any atom is 0.490 e. The average Bonchev–Trinajstić information content (AvgIpc) is 3.22. The molecule has 1 heterocycles. The molecule has 14 nitrogen and oxygen atoms in total.